The molecule has 18 heteroatoms. The first-order chi connectivity index (χ1) is 43.1. The van der Waals surface area contributed by atoms with E-state index in [2.05, 4.69) is 104 Å². The van der Waals surface area contributed by atoms with E-state index in [0.717, 1.165) is 122 Å². The van der Waals surface area contributed by atoms with Crippen molar-refractivity contribution < 1.29 is 63.3 Å². The van der Waals surface area contributed by atoms with Crippen molar-refractivity contribution in [1.29, 1.82) is 0 Å². The van der Waals surface area contributed by atoms with Crippen LogP contribution in [-0.2, 0) is 47.9 Å². The summed E-state index contributed by atoms with van der Waals surface area (Å²) in [6.45, 7) is 27.1. The Morgan fingerprint density at radius 3 is 1.14 bits per heavy atom. The van der Waals surface area contributed by atoms with Gasteiger partial charge in [-0.1, -0.05) is 126 Å². The number of nitrogens with one attached hydrogen (secondary N) is 3. The molecular formula is C73H119N5O13. The number of rotatable bonds is 26. The van der Waals surface area contributed by atoms with E-state index in [1.165, 1.54) is 0 Å². The Bertz CT molecular complexity index is 2400. The molecule has 7 aliphatic carbocycles. The van der Waals surface area contributed by atoms with Crippen LogP contribution >= 0.6 is 0 Å². The van der Waals surface area contributed by atoms with Gasteiger partial charge in [-0.3, -0.25) is 57.7 Å². The maximum atomic E-state index is 12.3. The van der Waals surface area contributed by atoms with Crippen molar-refractivity contribution in [2.75, 3.05) is 32.7 Å². The molecule has 4 bridgehead atoms. The number of nitrogens with zero attached hydrogens (tertiary/aromatic N) is 2. The number of hydrogen-bond donors (Lipinski definition) is 6. The lowest BCUT2D eigenvalue weighted by molar-refractivity contribution is -0.149. The molecule has 2 heterocycles. The molecule has 15 atom stereocenters. The Balaban J connectivity index is 0.000000207. The van der Waals surface area contributed by atoms with Gasteiger partial charge in [0.1, 0.15) is 0 Å². The molecular weight excluding hydrogens is 1150 g/mol. The molecule has 15 unspecified atom stereocenters. The zero-order valence-corrected chi connectivity index (χ0v) is 57.5. The largest absolute Gasteiger partial charge is 0.481 e. The van der Waals surface area contributed by atoms with Crippen LogP contribution in [0.3, 0.4) is 0 Å². The molecule has 9 aliphatic rings. The summed E-state index contributed by atoms with van der Waals surface area (Å²) >= 11 is 0. The van der Waals surface area contributed by atoms with Gasteiger partial charge in [0.15, 0.2) is 0 Å². The van der Waals surface area contributed by atoms with Crippen molar-refractivity contribution in [2.24, 2.45) is 118 Å². The molecule has 0 aromatic rings. The van der Waals surface area contributed by atoms with Crippen molar-refractivity contribution in [3.8, 4) is 0 Å². The number of likely N-dealkylation sites (tertiary alicyclic amines) is 2. The quantitative estimate of drug-likeness (QED) is 0.0267. The fraction of sp³-hybridized carbons (Fsp3) is 0.808. The molecule has 0 radical (unpaired) electrons. The molecule has 7 fully saturated rings. The summed E-state index contributed by atoms with van der Waals surface area (Å²) in [4.78, 5) is 122. The highest BCUT2D eigenvalue weighted by Crippen LogP contribution is 2.53. The summed E-state index contributed by atoms with van der Waals surface area (Å²) in [6.07, 6.45) is 29.7. The Morgan fingerprint density at radius 2 is 0.747 bits per heavy atom. The van der Waals surface area contributed by atoms with Gasteiger partial charge in [0, 0.05) is 32.7 Å². The molecule has 91 heavy (non-hydrogen) atoms. The minimum atomic E-state index is -0.834. The number of hydrogen-bond acceptors (Lipinski definition) is 10. The maximum absolute atomic E-state index is 12.3. The topological polar surface area (TPSA) is 274 Å². The monoisotopic (exact) mass is 1270 g/mol. The average molecular weight is 1270 g/mol. The van der Waals surface area contributed by atoms with Gasteiger partial charge < -0.3 is 31.3 Å². The zero-order valence-electron chi connectivity index (χ0n) is 57.5. The van der Waals surface area contributed by atoms with E-state index in [-0.39, 0.29) is 94.6 Å². The second-order valence-corrected chi connectivity index (χ2v) is 30.4. The fourth-order valence-electron chi connectivity index (χ4n) is 15.7. The van der Waals surface area contributed by atoms with E-state index in [1.807, 2.05) is 12.2 Å². The molecule has 7 amide bonds. The van der Waals surface area contributed by atoms with Gasteiger partial charge in [-0.05, 0) is 181 Å². The molecule has 2 saturated heterocycles. The molecule has 6 N–H and O–H groups in total. The molecule has 0 aromatic heterocycles. The molecule has 5 saturated carbocycles. The van der Waals surface area contributed by atoms with E-state index >= 15 is 0 Å². The van der Waals surface area contributed by atoms with Crippen LogP contribution < -0.4 is 16.0 Å². The smallest absolute Gasteiger partial charge is 0.307 e. The summed E-state index contributed by atoms with van der Waals surface area (Å²) in [5.41, 5.74) is 0. The summed E-state index contributed by atoms with van der Waals surface area (Å²) in [7, 11) is 0. The predicted molar refractivity (Wildman–Crippen MR) is 352 cm³/mol. The van der Waals surface area contributed by atoms with Crippen LogP contribution in [0.25, 0.3) is 0 Å². The number of carboxylic acid groups (broad SMARTS) is 3. The van der Waals surface area contributed by atoms with Crippen LogP contribution in [0.2, 0.25) is 0 Å². The summed E-state index contributed by atoms with van der Waals surface area (Å²) in [6, 6.07) is 0. The number of fused-ring (bicyclic) bond motifs is 8. The Kier molecular flexibility index (Phi) is 31.4. The van der Waals surface area contributed by atoms with Crippen LogP contribution in [0.15, 0.2) is 24.3 Å². The lowest BCUT2D eigenvalue weighted by atomic mass is 9.76. The van der Waals surface area contributed by atoms with Gasteiger partial charge in [0.2, 0.25) is 41.4 Å². The molecule has 2 aliphatic heterocycles. The number of imide groups is 2. The number of amides is 7. The summed E-state index contributed by atoms with van der Waals surface area (Å²) in [5.74, 6) is -0.163. The Labute approximate surface area is 545 Å². The van der Waals surface area contributed by atoms with Crippen LogP contribution in [0.5, 0.6) is 0 Å². The van der Waals surface area contributed by atoms with Crippen molar-refractivity contribution in [3.05, 3.63) is 24.3 Å². The number of carboxylic acids is 3. The summed E-state index contributed by atoms with van der Waals surface area (Å²) < 4.78 is 0. The SMILES string of the molecule is CC(C)CCCN1C(=O)C2C3C=CC(C3)C2C1=O.CC(C)CCCN1C(=O)C2CCC(C)CC2C1=O.CC(C)CCCNC(=O)C1C2C=CC(C2)C1C(=O)O.CC(C)CCCNC(=O)C1CCCCC1C(=O)O.CC(C)CCCNC(=O)C1CCCCC1C(=O)O. The van der Waals surface area contributed by atoms with Gasteiger partial charge in [0.25, 0.3) is 0 Å². The van der Waals surface area contributed by atoms with Crippen LogP contribution in [0.4, 0.5) is 0 Å². The van der Waals surface area contributed by atoms with E-state index in [4.69, 9.17) is 10.2 Å². The van der Waals surface area contributed by atoms with Gasteiger partial charge in [0.05, 0.1) is 59.2 Å². The lowest BCUT2D eigenvalue weighted by Crippen LogP contribution is -2.40. The van der Waals surface area contributed by atoms with Gasteiger partial charge in [-0.15, -0.1) is 0 Å². The van der Waals surface area contributed by atoms with Gasteiger partial charge >= 0.3 is 17.9 Å². The van der Waals surface area contributed by atoms with Crippen LogP contribution in [0, 0.1) is 118 Å². The standard InChI is InChI=1S/C15H23NO3.C15H21NO2.C15H25NO2.2C14H25NO3/c1-9(2)4-3-7-16-14(17)12-10-5-6-11(8-10)13(12)15(18)19;1-9(2)4-3-7-16-14(17)12-10-5-6-11(8-10)13(12)15(16)18;1-10(2)5-4-8-16-14(17)12-7-6-11(3)9-13(12)15(16)18;2*1-10(2)6-5-9-15-13(16)11-7-3-4-8-12(11)14(17)18/h5-6,9-13H,3-4,7-8H2,1-2H3,(H,16,17)(H,18,19);5-6,9-13H,3-4,7-8H2,1-2H3;10-13H,4-9H2,1-3H3;2*10-12H,3-9H2,1-2H3,(H,15,16)(H,17,18). The second kappa shape index (κ2) is 37.5. The zero-order chi connectivity index (χ0) is 67.2. The van der Waals surface area contributed by atoms with Crippen molar-refractivity contribution in [3.63, 3.8) is 0 Å². The highest BCUT2D eigenvalue weighted by Gasteiger charge is 2.59. The van der Waals surface area contributed by atoms with Crippen molar-refractivity contribution >= 4 is 59.3 Å². The Morgan fingerprint density at radius 1 is 0.407 bits per heavy atom. The molecule has 9 rings (SSSR count). The fourth-order valence-corrected chi connectivity index (χ4v) is 15.7. The first-order valence-electron chi connectivity index (χ1n) is 35.7. The number of carbonyl (C=O) groups excluding carboxylic acids is 7. The normalized spacial score (nSPS) is 29.9. The Hall–Kier alpha value is -5.42. The van der Waals surface area contributed by atoms with E-state index < -0.39 is 35.7 Å². The third kappa shape index (κ3) is 22.4. The van der Waals surface area contributed by atoms with Crippen molar-refractivity contribution in [1.82, 2.24) is 25.8 Å². The van der Waals surface area contributed by atoms with E-state index in [9.17, 15) is 53.1 Å². The highest BCUT2D eigenvalue weighted by atomic mass is 16.4. The maximum Gasteiger partial charge on any atom is 0.307 e. The minimum Gasteiger partial charge on any atom is -0.481 e. The number of aliphatic carboxylic acids is 3. The third-order valence-corrected chi connectivity index (χ3v) is 20.8. The summed E-state index contributed by atoms with van der Waals surface area (Å²) in [5, 5.41) is 36.2. The lowest BCUT2D eigenvalue weighted by Gasteiger charge is -2.27. The molecule has 18 nitrogen and oxygen atoms in total. The van der Waals surface area contributed by atoms with E-state index in [0.29, 0.717) is 106 Å². The number of carbonyl (C=O) groups is 10. The highest BCUT2D eigenvalue weighted by molar-refractivity contribution is 6.06. The van der Waals surface area contributed by atoms with Gasteiger partial charge in [-0.25, -0.2) is 0 Å². The van der Waals surface area contributed by atoms with Crippen LogP contribution in [-0.4, -0.2) is 117 Å². The number of allylic oxidation sites excluding steroid dienone is 4. The molecule has 0 aromatic carbocycles. The molecule has 514 valence electrons. The second-order valence-electron chi connectivity index (χ2n) is 30.4. The predicted octanol–water partition coefficient (Wildman–Crippen LogP) is 12.0. The van der Waals surface area contributed by atoms with Crippen LogP contribution in [0.1, 0.15) is 224 Å². The van der Waals surface area contributed by atoms with Gasteiger partial charge in [-0.2, -0.15) is 0 Å². The average Bonchev–Trinajstić information content (AvgIpc) is 1.59. The first-order valence-corrected chi connectivity index (χ1v) is 35.7. The molecule has 0 spiro atoms. The van der Waals surface area contributed by atoms with Crippen molar-refractivity contribution in [2.45, 2.75) is 224 Å². The van der Waals surface area contributed by atoms with E-state index in [1.54, 1.807) is 9.80 Å². The third-order valence-electron chi connectivity index (χ3n) is 20.8. The first kappa shape index (κ1) is 76.3. The minimum absolute atomic E-state index is 0.000278.